The van der Waals surface area contributed by atoms with Crippen LogP contribution in [0.3, 0.4) is 0 Å². The normalized spacial score (nSPS) is 24.3. The van der Waals surface area contributed by atoms with Crippen molar-refractivity contribution in [1.82, 2.24) is 9.71 Å². The van der Waals surface area contributed by atoms with Crippen molar-refractivity contribution in [3.05, 3.63) is 24.5 Å². The first-order chi connectivity index (χ1) is 9.13. The molecule has 0 radical (unpaired) electrons. The van der Waals surface area contributed by atoms with Gasteiger partial charge in [0.1, 0.15) is 4.90 Å². The second kappa shape index (κ2) is 6.45. The van der Waals surface area contributed by atoms with Gasteiger partial charge in [-0.2, -0.15) is 0 Å². The van der Waals surface area contributed by atoms with Crippen LogP contribution in [0.1, 0.15) is 25.7 Å². The smallest absolute Gasteiger partial charge is 0.242 e. The molecule has 2 rings (SSSR count). The number of hydrogen-bond acceptors (Lipinski definition) is 4. The Morgan fingerprint density at radius 2 is 2.05 bits per heavy atom. The Labute approximate surface area is 114 Å². The summed E-state index contributed by atoms with van der Waals surface area (Å²) in [4.78, 5) is 4.00. The number of nitrogens with one attached hydrogen (secondary N) is 1. The lowest BCUT2D eigenvalue weighted by atomic mass is 9.80. The van der Waals surface area contributed by atoms with E-state index in [9.17, 15) is 13.5 Å². The van der Waals surface area contributed by atoms with Crippen molar-refractivity contribution in [3.8, 4) is 0 Å². The summed E-state index contributed by atoms with van der Waals surface area (Å²) in [5.41, 5.74) is 0. The van der Waals surface area contributed by atoms with Gasteiger partial charge in [0.2, 0.25) is 10.0 Å². The number of nitrogens with zero attached hydrogens (tertiary/aromatic N) is 1. The second-order valence-corrected chi connectivity index (χ2v) is 6.79. The topological polar surface area (TPSA) is 79.3 Å². The van der Waals surface area contributed by atoms with Gasteiger partial charge in [0.15, 0.2) is 0 Å². The summed E-state index contributed by atoms with van der Waals surface area (Å²) in [5, 5.41) is 9.32. The van der Waals surface area contributed by atoms with E-state index in [2.05, 4.69) is 9.71 Å². The molecule has 1 aromatic heterocycles. The minimum atomic E-state index is -3.49. The zero-order valence-electron chi connectivity index (χ0n) is 10.8. The molecule has 19 heavy (non-hydrogen) atoms. The fourth-order valence-corrected chi connectivity index (χ4v) is 3.66. The zero-order valence-corrected chi connectivity index (χ0v) is 11.6. The molecule has 1 aliphatic carbocycles. The van der Waals surface area contributed by atoms with E-state index in [-0.39, 0.29) is 23.3 Å². The SMILES string of the molecule is O=S(=O)(NCC1CCCCC1CO)c1cccnc1. The Kier molecular flexibility index (Phi) is 4.90. The summed E-state index contributed by atoms with van der Waals surface area (Å²) in [7, 11) is -3.49. The Balaban J connectivity index is 1.98. The van der Waals surface area contributed by atoms with Crippen molar-refractivity contribution in [3.63, 3.8) is 0 Å². The number of aliphatic hydroxyl groups is 1. The Morgan fingerprint density at radius 1 is 1.32 bits per heavy atom. The molecular formula is C13H20N2O3S. The molecule has 1 aromatic rings. The van der Waals surface area contributed by atoms with E-state index in [0.717, 1.165) is 25.7 Å². The van der Waals surface area contributed by atoms with Gasteiger partial charge in [-0.25, -0.2) is 13.1 Å². The fourth-order valence-electron chi connectivity index (χ4n) is 2.60. The molecule has 106 valence electrons. The lowest BCUT2D eigenvalue weighted by Crippen LogP contribution is -2.35. The predicted octanol–water partition coefficient (Wildman–Crippen LogP) is 1.16. The maximum absolute atomic E-state index is 12.1. The maximum Gasteiger partial charge on any atom is 0.242 e. The van der Waals surface area contributed by atoms with Crippen molar-refractivity contribution < 1.29 is 13.5 Å². The Hall–Kier alpha value is -0.980. The van der Waals surface area contributed by atoms with E-state index in [0.29, 0.717) is 6.54 Å². The number of sulfonamides is 1. The summed E-state index contributed by atoms with van der Waals surface area (Å²) >= 11 is 0. The van der Waals surface area contributed by atoms with E-state index in [1.165, 1.54) is 12.3 Å². The lowest BCUT2D eigenvalue weighted by Gasteiger charge is -2.30. The van der Waals surface area contributed by atoms with Gasteiger partial charge in [-0.05, 0) is 36.8 Å². The number of rotatable bonds is 5. The Bertz CT molecular complexity index is 490. The molecule has 2 unspecified atom stereocenters. The van der Waals surface area contributed by atoms with Crippen LogP contribution >= 0.6 is 0 Å². The second-order valence-electron chi connectivity index (χ2n) is 5.03. The van der Waals surface area contributed by atoms with E-state index in [1.807, 2.05) is 0 Å². The highest BCUT2D eigenvalue weighted by Crippen LogP contribution is 2.29. The average Bonchev–Trinajstić information content (AvgIpc) is 2.46. The van der Waals surface area contributed by atoms with Crippen LogP contribution in [0.25, 0.3) is 0 Å². The third-order valence-electron chi connectivity index (χ3n) is 3.78. The van der Waals surface area contributed by atoms with Crippen LogP contribution in [0.2, 0.25) is 0 Å². The summed E-state index contributed by atoms with van der Waals surface area (Å²) in [6, 6.07) is 3.13. The standard InChI is InChI=1S/C13H20N2O3S/c16-10-12-5-2-1-4-11(12)8-15-19(17,18)13-6-3-7-14-9-13/h3,6-7,9,11-12,15-16H,1-2,4-5,8,10H2. The summed E-state index contributed by atoms with van der Waals surface area (Å²) in [5.74, 6) is 0.440. The number of hydrogen-bond donors (Lipinski definition) is 2. The van der Waals surface area contributed by atoms with Crippen molar-refractivity contribution in [2.24, 2.45) is 11.8 Å². The number of aliphatic hydroxyl groups excluding tert-OH is 1. The van der Waals surface area contributed by atoms with E-state index in [4.69, 9.17) is 0 Å². The van der Waals surface area contributed by atoms with Crippen LogP contribution in [0.4, 0.5) is 0 Å². The van der Waals surface area contributed by atoms with Gasteiger partial charge < -0.3 is 5.11 Å². The van der Waals surface area contributed by atoms with Gasteiger partial charge in [-0.1, -0.05) is 12.8 Å². The van der Waals surface area contributed by atoms with Crippen LogP contribution in [0.5, 0.6) is 0 Å². The molecule has 0 saturated heterocycles. The Morgan fingerprint density at radius 3 is 2.68 bits per heavy atom. The van der Waals surface area contributed by atoms with Crippen LogP contribution < -0.4 is 4.72 Å². The summed E-state index contributed by atoms with van der Waals surface area (Å²) in [6.45, 7) is 0.530. The fraction of sp³-hybridized carbons (Fsp3) is 0.615. The third kappa shape index (κ3) is 3.75. The minimum Gasteiger partial charge on any atom is -0.396 e. The van der Waals surface area contributed by atoms with Crippen LogP contribution in [-0.2, 0) is 10.0 Å². The monoisotopic (exact) mass is 284 g/mol. The van der Waals surface area contributed by atoms with Gasteiger partial charge in [-0.15, -0.1) is 0 Å². The van der Waals surface area contributed by atoms with E-state index in [1.54, 1.807) is 12.3 Å². The summed E-state index contributed by atoms with van der Waals surface area (Å²) in [6.07, 6.45) is 7.07. The van der Waals surface area contributed by atoms with Crippen LogP contribution in [0.15, 0.2) is 29.4 Å². The number of aromatic nitrogens is 1. The molecular weight excluding hydrogens is 264 g/mol. The van der Waals surface area contributed by atoms with Gasteiger partial charge in [-0.3, -0.25) is 4.98 Å². The maximum atomic E-state index is 12.1. The molecule has 0 aliphatic heterocycles. The van der Waals surface area contributed by atoms with Crippen LogP contribution in [0, 0.1) is 11.8 Å². The highest BCUT2D eigenvalue weighted by molar-refractivity contribution is 7.89. The first-order valence-electron chi connectivity index (χ1n) is 6.64. The highest BCUT2D eigenvalue weighted by Gasteiger charge is 2.26. The molecule has 5 nitrogen and oxygen atoms in total. The van der Waals surface area contributed by atoms with Crippen molar-refractivity contribution in [2.45, 2.75) is 30.6 Å². The average molecular weight is 284 g/mol. The molecule has 2 atom stereocenters. The highest BCUT2D eigenvalue weighted by atomic mass is 32.2. The molecule has 0 aromatic carbocycles. The first kappa shape index (κ1) is 14.4. The van der Waals surface area contributed by atoms with Crippen molar-refractivity contribution >= 4 is 10.0 Å². The van der Waals surface area contributed by atoms with Gasteiger partial charge in [0.05, 0.1) is 0 Å². The molecule has 6 heteroatoms. The molecule has 1 aliphatic rings. The molecule has 0 bridgehead atoms. The number of pyridine rings is 1. The van der Waals surface area contributed by atoms with E-state index < -0.39 is 10.0 Å². The molecule has 0 amide bonds. The molecule has 1 fully saturated rings. The molecule has 1 saturated carbocycles. The third-order valence-corrected chi connectivity index (χ3v) is 5.19. The summed E-state index contributed by atoms with van der Waals surface area (Å²) < 4.78 is 26.7. The van der Waals surface area contributed by atoms with Gasteiger partial charge in [0, 0.05) is 25.5 Å². The van der Waals surface area contributed by atoms with Crippen molar-refractivity contribution in [2.75, 3.05) is 13.2 Å². The van der Waals surface area contributed by atoms with Gasteiger partial charge in [0.25, 0.3) is 0 Å². The first-order valence-corrected chi connectivity index (χ1v) is 8.12. The van der Waals surface area contributed by atoms with Crippen LogP contribution in [-0.4, -0.2) is 31.7 Å². The van der Waals surface area contributed by atoms with Gasteiger partial charge >= 0.3 is 0 Å². The minimum absolute atomic E-state index is 0.138. The molecule has 1 heterocycles. The molecule has 2 N–H and O–H groups in total. The zero-order chi connectivity index (χ0) is 13.7. The largest absolute Gasteiger partial charge is 0.396 e. The lowest BCUT2D eigenvalue weighted by molar-refractivity contribution is 0.136. The molecule has 0 spiro atoms. The van der Waals surface area contributed by atoms with E-state index >= 15 is 0 Å². The quantitative estimate of drug-likeness (QED) is 0.850. The predicted molar refractivity (Wildman–Crippen MR) is 72.0 cm³/mol. The van der Waals surface area contributed by atoms with Crippen molar-refractivity contribution in [1.29, 1.82) is 0 Å².